The molecular weight excluding hydrogens is 222 g/mol. The first-order valence-corrected chi connectivity index (χ1v) is 7.74. The topological polar surface area (TPSA) is 18.5 Å². The van der Waals surface area contributed by atoms with E-state index in [0.29, 0.717) is 0 Å². The monoisotopic (exact) mass is 255 g/mol. The number of hydrogen-bond donors (Lipinski definition) is 1. The Labute approximate surface area is 114 Å². The van der Waals surface area contributed by atoms with Crippen LogP contribution in [0.25, 0.3) is 0 Å². The normalized spacial score (nSPS) is 25.2. The molecule has 3 heteroatoms. The summed E-state index contributed by atoms with van der Waals surface area (Å²) in [5.74, 6) is 0.825. The molecule has 0 aromatic carbocycles. The van der Waals surface area contributed by atoms with Gasteiger partial charge in [-0.05, 0) is 58.9 Å². The standard InChI is InChI=1S/C15H33N3/c1-5-9-16-10-7-6-8-11-18-12-14(2)15(13-18)17(3)4/h14-16H,5-13H2,1-4H3. The second-order valence-corrected chi connectivity index (χ2v) is 6.08. The van der Waals surface area contributed by atoms with Gasteiger partial charge in [-0.25, -0.2) is 0 Å². The summed E-state index contributed by atoms with van der Waals surface area (Å²) in [5, 5.41) is 3.47. The fourth-order valence-corrected chi connectivity index (χ4v) is 2.97. The first kappa shape index (κ1) is 15.9. The SMILES string of the molecule is CCCNCCCCCN1CC(C)C(N(C)C)C1. The fraction of sp³-hybridized carbons (Fsp3) is 1.00. The molecule has 1 heterocycles. The van der Waals surface area contributed by atoms with E-state index in [4.69, 9.17) is 0 Å². The summed E-state index contributed by atoms with van der Waals surface area (Å²) < 4.78 is 0. The lowest BCUT2D eigenvalue weighted by Gasteiger charge is -2.22. The van der Waals surface area contributed by atoms with E-state index in [1.54, 1.807) is 0 Å². The Morgan fingerprint density at radius 1 is 1.11 bits per heavy atom. The largest absolute Gasteiger partial charge is 0.317 e. The molecule has 2 unspecified atom stereocenters. The van der Waals surface area contributed by atoms with Crippen LogP contribution >= 0.6 is 0 Å². The maximum absolute atomic E-state index is 3.47. The molecule has 18 heavy (non-hydrogen) atoms. The van der Waals surface area contributed by atoms with Gasteiger partial charge in [-0.3, -0.25) is 0 Å². The Kier molecular flexibility index (Phi) is 7.87. The minimum Gasteiger partial charge on any atom is -0.317 e. The van der Waals surface area contributed by atoms with Crippen LogP contribution in [0.4, 0.5) is 0 Å². The molecule has 0 aromatic rings. The van der Waals surface area contributed by atoms with Gasteiger partial charge in [-0.1, -0.05) is 20.3 Å². The van der Waals surface area contributed by atoms with Gasteiger partial charge in [0.1, 0.15) is 0 Å². The van der Waals surface area contributed by atoms with E-state index < -0.39 is 0 Å². The molecule has 3 nitrogen and oxygen atoms in total. The number of hydrogen-bond acceptors (Lipinski definition) is 3. The number of unbranched alkanes of at least 4 members (excludes halogenated alkanes) is 2. The molecule has 0 radical (unpaired) electrons. The Balaban J connectivity index is 2.00. The molecule has 0 amide bonds. The second-order valence-electron chi connectivity index (χ2n) is 6.08. The molecule has 1 N–H and O–H groups in total. The predicted octanol–water partition coefficient (Wildman–Crippen LogP) is 2.04. The third-order valence-electron chi connectivity index (χ3n) is 4.07. The number of likely N-dealkylation sites (tertiary alicyclic amines) is 1. The molecule has 108 valence electrons. The Morgan fingerprint density at radius 3 is 2.50 bits per heavy atom. The highest BCUT2D eigenvalue weighted by molar-refractivity contribution is 4.86. The van der Waals surface area contributed by atoms with Gasteiger partial charge >= 0.3 is 0 Å². The lowest BCUT2D eigenvalue weighted by atomic mass is 10.1. The summed E-state index contributed by atoms with van der Waals surface area (Å²) in [5.41, 5.74) is 0. The van der Waals surface area contributed by atoms with Crippen LogP contribution < -0.4 is 5.32 Å². The average molecular weight is 255 g/mol. The summed E-state index contributed by atoms with van der Waals surface area (Å²) in [6.45, 7) is 10.8. The highest BCUT2D eigenvalue weighted by Crippen LogP contribution is 2.20. The smallest absolute Gasteiger partial charge is 0.0254 e. The Morgan fingerprint density at radius 2 is 1.89 bits per heavy atom. The molecule has 0 aliphatic carbocycles. The fourth-order valence-electron chi connectivity index (χ4n) is 2.97. The molecule has 0 spiro atoms. The summed E-state index contributed by atoms with van der Waals surface area (Å²) in [4.78, 5) is 5.04. The van der Waals surface area contributed by atoms with Crippen molar-refractivity contribution in [1.29, 1.82) is 0 Å². The molecule has 1 aliphatic heterocycles. The van der Waals surface area contributed by atoms with Crippen molar-refractivity contribution in [3.05, 3.63) is 0 Å². The van der Waals surface area contributed by atoms with E-state index in [-0.39, 0.29) is 0 Å². The van der Waals surface area contributed by atoms with Crippen molar-refractivity contribution in [2.45, 2.75) is 45.6 Å². The van der Waals surface area contributed by atoms with Gasteiger partial charge in [-0.15, -0.1) is 0 Å². The maximum Gasteiger partial charge on any atom is 0.0254 e. The minimum atomic E-state index is 0.760. The quantitative estimate of drug-likeness (QED) is 0.636. The maximum atomic E-state index is 3.47. The summed E-state index contributed by atoms with van der Waals surface area (Å²) in [6.07, 6.45) is 5.31. The summed E-state index contributed by atoms with van der Waals surface area (Å²) in [7, 11) is 4.42. The van der Waals surface area contributed by atoms with Crippen molar-refractivity contribution in [2.24, 2.45) is 5.92 Å². The highest BCUT2D eigenvalue weighted by atomic mass is 15.2. The number of nitrogens with one attached hydrogen (secondary N) is 1. The second kappa shape index (κ2) is 8.89. The molecule has 1 saturated heterocycles. The van der Waals surface area contributed by atoms with Crippen LogP contribution in [0.1, 0.15) is 39.5 Å². The molecule has 2 atom stereocenters. The van der Waals surface area contributed by atoms with E-state index in [1.807, 2.05) is 0 Å². The first-order chi connectivity index (χ1) is 8.65. The summed E-state index contributed by atoms with van der Waals surface area (Å²) in [6, 6.07) is 0.760. The zero-order valence-electron chi connectivity index (χ0n) is 12.9. The van der Waals surface area contributed by atoms with E-state index in [9.17, 15) is 0 Å². The van der Waals surface area contributed by atoms with Crippen LogP contribution in [0.15, 0.2) is 0 Å². The van der Waals surface area contributed by atoms with E-state index >= 15 is 0 Å². The van der Waals surface area contributed by atoms with E-state index in [0.717, 1.165) is 12.0 Å². The number of likely N-dealkylation sites (N-methyl/N-ethyl adjacent to an activating group) is 1. The van der Waals surface area contributed by atoms with Gasteiger partial charge in [0.25, 0.3) is 0 Å². The molecule has 0 bridgehead atoms. The van der Waals surface area contributed by atoms with E-state index in [1.165, 1.54) is 58.4 Å². The van der Waals surface area contributed by atoms with Crippen molar-refractivity contribution in [1.82, 2.24) is 15.1 Å². The van der Waals surface area contributed by atoms with Crippen LogP contribution in [0.2, 0.25) is 0 Å². The van der Waals surface area contributed by atoms with Gasteiger partial charge in [0.05, 0.1) is 0 Å². The third-order valence-corrected chi connectivity index (χ3v) is 4.07. The van der Waals surface area contributed by atoms with Crippen molar-refractivity contribution in [2.75, 3.05) is 46.8 Å². The van der Waals surface area contributed by atoms with Crippen molar-refractivity contribution in [3.8, 4) is 0 Å². The van der Waals surface area contributed by atoms with Crippen LogP contribution in [0, 0.1) is 5.92 Å². The lowest BCUT2D eigenvalue weighted by Crippen LogP contribution is -2.34. The van der Waals surface area contributed by atoms with Gasteiger partial charge in [0, 0.05) is 19.1 Å². The zero-order chi connectivity index (χ0) is 13.4. The number of nitrogens with zero attached hydrogens (tertiary/aromatic N) is 2. The van der Waals surface area contributed by atoms with Crippen molar-refractivity contribution < 1.29 is 0 Å². The van der Waals surface area contributed by atoms with E-state index in [2.05, 4.69) is 43.1 Å². The van der Waals surface area contributed by atoms with Crippen molar-refractivity contribution >= 4 is 0 Å². The van der Waals surface area contributed by atoms with Gasteiger partial charge < -0.3 is 15.1 Å². The van der Waals surface area contributed by atoms with Crippen LogP contribution in [-0.2, 0) is 0 Å². The summed E-state index contributed by atoms with van der Waals surface area (Å²) >= 11 is 0. The minimum absolute atomic E-state index is 0.760. The Hall–Kier alpha value is -0.120. The Bertz CT molecular complexity index is 206. The molecule has 0 saturated carbocycles. The molecule has 1 aliphatic rings. The van der Waals surface area contributed by atoms with Crippen LogP contribution in [-0.4, -0.2) is 62.7 Å². The van der Waals surface area contributed by atoms with Crippen LogP contribution in [0.5, 0.6) is 0 Å². The molecule has 0 aromatic heterocycles. The number of rotatable bonds is 9. The predicted molar refractivity (Wildman–Crippen MR) is 80.1 cm³/mol. The third kappa shape index (κ3) is 5.68. The average Bonchev–Trinajstić information content (AvgIpc) is 2.69. The molecule has 1 rings (SSSR count). The molecule has 1 fully saturated rings. The first-order valence-electron chi connectivity index (χ1n) is 7.74. The van der Waals surface area contributed by atoms with Gasteiger partial charge in [0.2, 0.25) is 0 Å². The van der Waals surface area contributed by atoms with Crippen molar-refractivity contribution in [3.63, 3.8) is 0 Å². The lowest BCUT2D eigenvalue weighted by molar-refractivity contribution is 0.251. The zero-order valence-corrected chi connectivity index (χ0v) is 12.9. The highest BCUT2D eigenvalue weighted by Gasteiger charge is 2.30. The van der Waals surface area contributed by atoms with Gasteiger partial charge in [-0.2, -0.15) is 0 Å². The van der Waals surface area contributed by atoms with Gasteiger partial charge in [0.15, 0.2) is 0 Å². The van der Waals surface area contributed by atoms with Crippen LogP contribution in [0.3, 0.4) is 0 Å². The molecular formula is C15H33N3.